The molecule has 0 radical (unpaired) electrons. The molecule has 0 aliphatic carbocycles. The summed E-state index contributed by atoms with van der Waals surface area (Å²) in [7, 11) is -9.99. The molecule has 0 aromatic rings. The van der Waals surface area contributed by atoms with Crippen LogP contribution in [0.2, 0.25) is 0 Å². The second-order valence-electron chi connectivity index (χ2n) is 26.3. The van der Waals surface area contributed by atoms with E-state index in [4.69, 9.17) is 37.0 Å². The Kier molecular flexibility index (Phi) is 71.4. The van der Waals surface area contributed by atoms with Gasteiger partial charge in [0, 0.05) is 25.7 Å². The molecule has 0 aliphatic rings. The summed E-state index contributed by atoms with van der Waals surface area (Å²) >= 11 is 0. The van der Waals surface area contributed by atoms with Crippen molar-refractivity contribution in [3.8, 4) is 0 Å². The molecule has 17 nitrogen and oxygen atoms in total. The topological polar surface area (TPSA) is 237 Å². The third-order valence-corrected chi connectivity index (χ3v) is 18.3. The van der Waals surface area contributed by atoms with Crippen LogP contribution in [0.5, 0.6) is 0 Å². The maximum absolute atomic E-state index is 13.1. The molecule has 586 valence electrons. The summed E-state index contributed by atoms with van der Waals surface area (Å²) in [6, 6.07) is 0. The molecule has 0 aromatic carbocycles. The zero-order chi connectivity index (χ0) is 74.6. The van der Waals surface area contributed by atoms with Crippen molar-refractivity contribution in [2.75, 3.05) is 39.6 Å². The van der Waals surface area contributed by atoms with Gasteiger partial charge in [-0.25, -0.2) is 9.13 Å². The Balaban J connectivity index is 5.46. The molecule has 0 saturated heterocycles. The van der Waals surface area contributed by atoms with Gasteiger partial charge in [0.2, 0.25) is 0 Å². The molecule has 0 fully saturated rings. The van der Waals surface area contributed by atoms with Gasteiger partial charge in [-0.2, -0.15) is 0 Å². The Morgan fingerprint density at radius 3 is 0.804 bits per heavy atom. The van der Waals surface area contributed by atoms with Crippen LogP contribution < -0.4 is 0 Å². The van der Waals surface area contributed by atoms with Gasteiger partial charge in [0.15, 0.2) is 12.2 Å². The van der Waals surface area contributed by atoms with E-state index >= 15 is 0 Å². The minimum absolute atomic E-state index is 0.00540. The third-order valence-electron chi connectivity index (χ3n) is 16.4. The highest BCUT2D eigenvalue weighted by molar-refractivity contribution is 7.47. The number of allylic oxidation sites excluding steroid dienone is 20. The predicted molar refractivity (Wildman–Crippen MR) is 418 cm³/mol. The van der Waals surface area contributed by atoms with E-state index in [0.29, 0.717) is 38.5 Å². The van der Waals surface area contributed by atoms with Crippen LogP contribution >= 0.6 is 15.6 Å². The molecular weight excluding hydrogens is 1330 g/mol. The average Bonchev–Trinajstić information content (AvgIpc) is 0.959. The number of rotatable bonds is 74. The molecule has 0 heterocycles. The molecule has 0 bridgehead atoms. The first-order valence-corrected chi connectivity index (χ1v) is 42.8. The number of aliphatic hydroxyl groups excluding tert-OH is 1. The van der Waals surface area contributed by atoms with Gasteiger partial charge in [-0.05, 0) is 135 Å². The normalized spacial score (nSPS) is 14.5. The summed E-state index contributed by atoms with van der Waals surface area (Å²) in [5, 5.41) is 10.6. The van der Waals surface area contributed by atoms with Gasteiger partial charge in [-0.3, -0.25) is 37.3 Å². The predicted octanol–water partition coefficient (Wildman–Crippen LogP) is 23.1. The van der Waals surface area contributed by atoms with Gasteiger partial charge in [0.05, 0.1) is 26.4 Å². The second kappa shape index (κ2) is 74.7. The lowest BCUT2D eigenvalue weighted by molar-refractivity contribution is -0.161. The van der Waals surface area contributed by atoms with E-state index in [1.165, 1.54) is 109 Å². The lowest BCUT2D eigenvalue weighted by Gasteiger charge is -2.21. The van der Waals surface area contributed by atoms with E-state index < -0.39 is 97.5 Å². The van der Waals surface area contributed by atoms with Crippen LogP contribution in [0, 0.1) is 0 Å². The van der Waals surface area contributed by atoms with E-state index in [9.17, 15) is 43.2 Å². The molecule has 19 heteroatoms. The van der Waals surface area contributed by atoms with Crippen molar-refractivity contribution in [2.24, 2.45) is 0 Å². The molecule has 102 heavy (non-hydrogen) atoms. The van der Waals surface area contributed by atoms with E-state index in [-0.39, 0.29) is 25.7 Å². The van der Waals surface area contributed by atoms with Crippen LogP contribution in [0.25, 0.3) is 0 Å². The van der Waals surface area contributed by atoms with Crippen molar-refractivity contribution >= 4 is 39.5 Å². The zero-order valence-corrected chi connectivity index (χ0v) is 65.8. The molecule has 0 saturated carbocycles. The first kappa shape index (κ1) is 97.5. The van der Waals surface area contributed by atoms with Crippen molar-refractivity contribution in [2.45, 2.75) is 341 Å². The highest BCUT2D eigenvalue weighted by Crippen LogP contribution is 2.45. The Labute approximate surface area is 619 Å². The highest BCUT2D eigenvalue weighted by atomic mass is 31.2. The van der Waals surface area contributed by atoms with Crippen molar-refractivity contribution in [3.63, 3.8) is 0 Å². The zero-order valence-electron chi connectivity index (χ0n) is 64.0. The molecular formula is C83H142O17P2. The smallest absolute Gasteiger partial charge is 0.462 e. The fourth-order valence-corrected chi connectivity index (χ4v) is 11.9. The summed E-state index contributed by atoms with van der Waals surface area (Å²) in [6.07, 6.45) is 81.9. The van der Waals surface area contributed by atoms with Crippen LogP contribution in [0.15, 0.2) is 122 Å². The lowest BCUT2D eigenvalue weighted by Crippen LogP contribution is -2.30. The van der Waals surface area contributed by atoms with Crippen molar-refractivity contribution in [1.82, 2.24) is 0 Å². The highest BCUT2D eigenvalue weighted by Gasteiger charge is 2.30. The van der Waals surface area contributed by atoms with E-state index in [0.717, 1.165) is 122 Å². The quantitative estimate of drug-likeness (QED) is 0.0169. The second-order valence-corrected chi connectivity index (χ2v) is 29.2. The fraction of sp³-hybridized carbons (Fsp3) is 0.711. The van der Waals surface area contributed by atoms with Crippen LogP contribution in [0.3, 0.4) is 0 Å². The average molecular weight is 1470 g/mol. The molecule has 5 atom stereocenters. The van der Waals surface area contributed by atoms with E-state index in [1.807, 2.05) is 24.3 Å². The summed E-state index contributed by atoms with van der Waals surface area (Å²) in [4.78, 5) is 72.9. The van der Waals surface area contributed by atoms with Gasteiger partial charge in [0.25, 0.3) is 0 Å². The fourth-order valence-electron chi connectivity index (χ4n) is 10.3. The number of phosphoric ester groups is 2. The Hall–Kier alpha value is -4.54. The molecule has 0 amide bonds. The number of ether oxygens (including phenoxy) is 4. The number of hydrogen-bond acceptors (Lipinski definition) is 15. The Morgan fingerprint density at radius 2 is 0.490 bits per heavy atom. The molecule has 0 aromatic heterocycles. The minimum atomic E-state index is -5.00. The Bertz CT molecular complexity index is 2410. The van der Waals surface area contributed by atoms with Crippen molar-refractivity contribution in [3.05, 3.63) is 122 Å². The lowest BCUT2D eigenvalue weighted by atomic mass is 10.0. The number of aliphatic hydroxyl groups is 1. The van der Waals surface area contributed by atoms with Crippen molar-refractivity contribution < 1.29 is 80.2 Å². The molecule has 0 rings (SSSR count). The number of carbonyl (C=O) groups excluding carboxylic acids is 4. The summed E-state index contributed by atoms with van der Waals surface area (Å²) in [5.74, 6) is -2.31. The Morgan fingerprint density at radius 1 is 0.275 bits per heavy atom. The summed E-state index contributed by atoms with van der Waals surface area (Å²) < 4.78 is 68.4. The largest absolute Gasteiger partial charge is 0.472 e. The van der Waals surface area contributed by atoms with Gasteiger partial charge in [-0.1, -0.05) is 284 Å². The van der Waals surface area contributed by atoms with E-state index in [1.54, 1.807) is 0 Å². The first-order valence-electron chi connectivity index (χ1n) is 39.8. The summed E-state index contributed by atoms with van der Waals surface area (Å²) in [6.45, 7) is 4.67. The van der Waals surface area contributed by atoms with Crippen LogP contribution in [0.4, 0.5) is 0 Å². The van der Waals surface area contributed by atoms with Crippen LogP contribution in [-0.2, 0) is 65.4 Å². The third kappa shape index (κ3) is 73.8. The first-order chi connectivity index (χ1) is 49.7. The summed E-state index contributed by atoms with van der Waals surface area (Å²) in [5.41, 5.74) is 0. The molecule has 3 N–H and O–H groups in total. The molecule has 3 unspecified atom stereocenters. The van der Waals surface area contributed by atoms with E-state index in [2.05, 4.69) is 125 Å². The van der Waals surface area contributed by atoms with Crippen LogP contribution in [-0.4, -0.2) is 96.7 Å². The number of phosphoric acid groups is 2. The number of hydrogen-bond donors (Lipinski definition) is 3. The van der Waals surface area contributed by atoms with Gasteiger partial charge in [0.1, 0.15) is 19.3 Å². The maximum Gasteiger partial charge on any atom is 0.472 e. The SMILES string of the molecule is CCCCCC=CCC=CCC=CCC=CCCCC(=O)OC[C@H](COP(=O)(O)OCC(O)COP(=O)(O)OC[C@@H](COC(=O)CCCCCCCC=CCC=CCCCCC)OC(=O)CCCCCCCCCCCCCCC)OC(=O)CCCC=CCC=CCC=CCC=CCCCCC. The maximum atomic E-state index is 13.1. The van der Waals surface area contributed by atoms with Gasteiger partial charge < -0.3 is 33.8 Å². The van der Waals surface area contributed by atoms with Gasteiger partial charge in [-0.15, -0.1) is 0 Å². The molecule has 0 aliphatic heterocycles. The standard InChI is InChI=1S/C83H142O17P2/c1-5-9-13-17-21-25-29-33-36-38-41-45-48-52-56-60-64-68-81(86)94-74-79(100-83(88)70-66-62-58-54-50-46-42-39-37-34-30-26-22-18-14-10-6-2)76-98-102(91,92)96-72-77(84)71-95-101(89,90)97-75-78(99-82(87)69-65-61-57-53-49-43-32-28-24-20-16-12-8-4)73-93-80(85)67-63-59-55-51-47-44-40-35-31-27-23-19-15-11-7-3/h21-23,25-27,33-37,40-42,45-46,52,54,56,58,77-79,84H,5-20,24,28-32,38-39,43-44,47-51,53,55,57,59-76H2,1-4H3,(H,89,90)(H,91,92)/t77?,78-,79-/m1/s1. The van der Waals surface area contributed by atoms with Crippen molar-refractivity contribution in [1.29, 1.82) is 0 Å². The monoisotopic (exact) mass is 1470 g/mol. The minimum Gasteiger partial charge on any atom is -0.462 e. The number of esters is 4. The van der Waals surface area contributed by atoms with Gasteiger partial charge >= 0.3 is 39.5 Å². The molecule has 0 spiro atoms. The number of unbranched alkanes of at least 4 members (excludes halogenated alkanes) is 28. The van der Waals surface area contributed by atoms with Crippen LogP contribution in [0.1, 0.15) is 323 Å². The number of carbonyl (C=O) groups is 4.